The molecule has 0 spiro atoms. The molecule has 0 aliphatic heterocycles. The lowest BCUT2D eigenvalue weighted by atomic mass is 9.96. The first-order valence-corrected chi connectivity index (χ1v) is 5.42. The lowest BCUT2D eigenvalue weighted by Gasteiger charge is -2.09. The molecule has 1 aromatic carbocycles. The molecular weight excluding hydrogens is 216 g/mol. The highest BCUT2D eigenvalue weighted by molar-refractivity contribution is 5.70. The number of hydrogen-bond donors (Lipinski definition) is 1. The van der Waals surface area contributed by atoms with E-state index in [0.29, 0.717) is 12.8 Å². The first-order chi connectivity index (χ1) is 8.17. The van der Waals surface area contributed by atoms with Gasteiger partial charge >= 0.3 is 5.97 Å². The number of carboxylic acid groups (broad SMARTS) is 1. The van der Waals surface area contributed by atoms with Crippen LogP contribution in [-0.2, 0) is 11.2 Å². The molecule has 0 aliphatic carbocycles. The Kier molecular flexibility index (Phi) is 5.09. The number of methoxy groups -OCH3 is 1. The van der Waals surface area contributed by atoms with Crippen molar-refractivity contribution >= 4 is 5.97 Å². The van der Waals surface area contributed by atoms with Crippen LogP contribution in [0.15, 0.2) is 24.3 Å². The molecule has 1 atom stereocenters. The van der Waals surface area contributed by atoms with Crippen molar-refractivity contribution in [2.45, 2.75) is 19.8 Å². The van der Waals surface area contributed by atoms with Gasteiger partial charge in [0.15, 0.2) is 0 Å². The van der Waals surface area contributed by atoms with Gasteiger partial charge in [-0.2, -0.15) is 0 Å². The quantitative estimate of drug-likeness (QED) is 0.793. The van der Waals surface area contributed by atoms with Crippen molar-refractivity contribution in [2.75, 3.05) is 7.11 Å². The highest BCUT2D eigenvalue weighted by atomic mass is 16.5. The minimum atomic E-state index is -0.802. The second-order valence-corrected chi connectivity index (χ2v) is 3.72. The Bertz CT molecular complexity index is 423. The predicted molar refractivity (Wildman–Crippen MR) is 65.9 cm³/mol. The van der Waals surface area contributed by atoms with E-state index in [-0.39, 0.29) is 0 Å². The summed E-state index contributed by atoms with van der Waals surface area (Å²) in [7, 11) is 1.60. The van der Waals surface area contributed by atoms with E-state index in [2.05, 4.69) is 11.8 Å². The molecule has 1 aromatic rings. The van der Waals surface area contributed by atoms with Gasteiger partial charge in [-0.3, -0.25) is 4.79 Å². The van der Waals surface area contributed by atoms with Gasteiger partial charge in [0.05, 0.1) is 13.0 Å². The molecule has 1 rings (SSSR count). The maximum Gasteiger partial charge on any atom is 0.307 e. The number of rotatable bonds is 5. The largest absolute Gasteiger partial charge is 0.497 e. The summed E-state index contributed by atoms with van der Waals surface area (Å²) in [6.45, 7) is 1.71. The zero-order valence-electron chi connectivity index (χ0n) is 10.1. The topological polar surface area (TPSA) is 46.5 Å². The van der Waals surface area contributed by atoms with Crippen molar-refractivity contribution < 1.29 is 14.6 Å². The van der Waals surface area contributed by atoms with Crippen molar-refractivity contribution in [1.82, 2.24) is 0 Å². The average molecular weight is 232 g/mol. The third-order valence-corrected chi connectivity index (χ3v) is 2.52. The molecule has 1 N–H and O–H groups in total. The van der Waals surface area contributed by atoms with Gasteiger partial charge in [-0.25, -0.2) is 0 Å². The third kappa shape index (κ3) is 4.20. The lowest BCUT2D eigenvalue weighted by molar-refractivity contribution is -0.141. The van der Waals surface area contributed by atoms with Crippen LogP contribution in [0.25, 0.3) is 0 Å². The number of ether oxygens (including phenoxy) is 1. The average Bonchev–Trinajstić information content (AvgIpc) is 2.35. The first kappa shape index (κ1) is 13.1. The van der Waals surface area contributed by atoms with Crippen LogP contribution >= 0.6 is 0 Å². The highest BCUT2D eigenvalue weighted by Gasteiger charge is 2.16. The lowest BCUT2D eigenvalue weighted by Crippen LogP contribution is -2.15. The molecule has 0 saturated heterocycles. The van der Waals surface area contributed by atoms with Crippen LogP contribution in [0.4, 0.5) is 0 Å². The van der Waals surface area contributed by atoms with Gasteiger partial charge in [0.1, 0.15) is 5.75 Å². The number of carboxylic acids is 1. The molecule has 1 unspecified atom stereocenters. The maximum atomic E-state index is 11.0. The summed E-state index contributed by atoms with van der Waals surface area (Å²) in [5.41, 5.74) is 0.983. The van der Waals surface area contributed by atoms with Gasteiger partial charge in [0.2, 0.25) is 0 Å². The number of hydrogen-bond acceptors (Lipinski definition) is 2. The van der Waals surface area contributed by atoms with Crippen molar-refractivity contribution in [2.24, 2.45) is 5.92 Å². The Hall–Kier alpha value is -1.95. The van der Waals surface area contributed by atoms with Crippen LogP contribution in [0.2, 0.25) is 0 Å². The fraction of sp³-hybridized carbons (Fsp3) is 0.357. The summed E-state index contributed by atoms with van der Waals surface area (Å²) in [4.78, 5) is 11.0. The molecule has 0 aromatic heterocycles. The highest BCUT2D eigenvalue weighted by Crippen LogP contribution is 2.16. The fourth-order valence-electron chi connectivity index (χ4n) is 1.52. The number of carbonyl (C=O) groups is 1. The zero-order valence-corrected chi connectivity index (χ0v) is 10.1. The Balaban J connectivity index is 2.70. The molecule has 0 heterocycles. The fourth-order valence-corrected chi connectivity index (χ4v) is 1.52. The number of aliphatic carboxylic acids is 1. The number of benzene rings is 1. The van der Waals surface area contributed by atoms with E-state index in [9.17, 15) is 4.79 Å². The normalized spacial score (nSPS) is 11.2. The van der Waals surface area contributed by atoms with E-state index >= 15 is 0 Å². The van der Waals surface area contributed by atoms with E-state index < -0.39 is 11.9 Å². The second-order valence-electron chi connectivity index (χ2n) is 3.72. The molecule has 90 valence electrons. The van der Waals surface area contributed by atoms with E-state index in [0.717, 1.165) is 11.3 Å². The minimum absolute atomic E-state index is 0.387. The Morgan fingerprint density at radius 1 is 1.41 bits per heavy atom. The van der Waals surface area contributed by atoms with Gasteiger partial charge in [0, 0.05) is 6.42 Å². The van der Waals surface area contributed by atoms with Crippen LogP contribution in [0.3, 0.4) is 0 Å². The molecule has 0 amide bonds. The van der Waals surface area contributed by atoms with Crippen LogP contribution in [-0.4, -0.2) is 18.2 Å². The first-order valence-electron chi connectivity index (χ1n) is 5.42. The van der Waals surface area contributed by atoms with Crippen LogP contribution < -0.4 is 4.74 Å². The minimum Gasteiger partial charge on any atom is -0.497 e. The maximum absolute atomic E-state index is 11.0. The van der Waals surface area contributed by atoms with Crippen LogP contribution in [0, 0.1) is 17.8 Å². The summed E-state index contributed by atoms with van der Waals surface area (Å²) in [6, 6.07) is 7.43. The molecule has 0 saturated carbocycles. The molecular formula is C14H16O3. The molecule has 0 bridgehead atoms. The van der Waals surface area contributed by atoms with E-state index in [1.165, 1.54) is 0 Å². The molecule has 0 fully saturated rings. The standard InChI is InChI=1S/C14H16O3/c1-3-4-5-12(14(15)16)10-11-6-8-13(17-2)9-7-11/h6-9,12H,5,10H2,1-2H3,(H,15,16). The van der Waals surface area contributed by atoms with E-state index in [1.807, 2.05) is 24.3 Å². The molecule has 3 nitrogen and oxygen atoms in total. The van der Waals surface area contributed by atoms with Gasteiger partial charge in [-0.05, 0) is 31.0 Å². The van der Waals surface area contributed by atoms with Crippen molar-refractivity contribution in [3.63, 3.8) is 0 Å². The Labute approximate surface area is 101 Å². The Morgan fingerprint density at radius 3 is 2.53 bits per heavy atom. The summed E-state index contributed by atoms with van der Waals surface area (Å²) in [5.74, 6) is 5.06. The zero-order chi connectivity index (χ0) is 12.7. The van der Waals surface area contributed by atoms with Crippen molar-refractivity contribution in [1.29, 1.82) is 0 Å². The van der Waals surface area contributed by atoms with Crippen molar-refractivity contribution in [3.8, 4) is 17.6 Å². The van der Waals surface area contributed by atoms with E-state index in [4.69, 9.17) is 9.84 Å². The molecule has 0 radical (unpaired) electrons. The summed E-state index contributed by atoms with van der Waals surface area (Å²) in [5, 5.41) is 9.07. The molecule has 3 heteroatoms. The van der Waals surface area contributed by atoms with Gasteiger partial charge in [-0.15, -0.1) is 11.8 Å². The van der Waals surface area contributed by atoms with Gasteiger partial charge in [0.25, 0.3) is 0 Å². The SMILES string of the molecule is CC#CCC(Cc1ccc(OC)cc1)C(=O)O. The second kappa shape index (κ2) is 6.59. The monoisotopic (exact) mass is 232 g/mol. The molecule has 17 heavy (non-hydrogen) atoms. The predicted octanol–water partition coefficient (Wildman–Crippen LogP) is 2.35. The van der Waals surface area contributed by atoms with Crippen LogP contribution in [0.5, 0.6) is 5.75 Å². The summed E-state index contributed by atoms with van der Waals surface area (Å²) >= 11 is 0. The van der Waals surface area contributed by atoms with Gasteiger partial charge in [-0.1, -0.05) is 12.1 Å². The van der Waals surface area contributed by atoms with E-state index in [1.54, 1.807) is 14.0 Å². The summed E-state index contributed by atoms with van der Waals surface area (Å²) in [6.07, 6.45) is 0.881. The Morgan fingerprint density at radius 2 is 2.06 bits per heavy atom. The smallest absolute Gasteiger partial charge is 0.307 e. The summed E-state index contributed by atoms with van der Waals surface area (Å²) < 4.78 is 5.05. The third-order valence-electron chi connectivity index (χ3n) is 2.52. The van der Waals surface area contributed by atoms with Gasteiger partial charge < -0.3 is 9.84 Å². The van der Waals surface area contributed by atoms with Crippen LogP contribution in [0.1, 0.15) is 18.9 Å². The molecule has 0 aliphatic rings. The van der Waals surface area contributed by atoms with Crippen molar-refractivity contribution in [3.05, 3.63) is 29.8 Å².